The normalized spacial score (nSPS) is 10.8. The number of halogens is 1. The van der Waals surface area contributed by atoms with Crippen molar-refractivity contribution in [3.63, 3.8) is 0 Å². The zero-order valence-corrected chi connectivity index (χ0v) is 16.6. The topological polar surface area (TPSA) is 90.0 Å². The summed E-state index contributed by atoms with van der Waals surface area (Å²) >= 11 is 3.33. The first kappa shape index (κ1) is 18.9. The summed E-state index contributed by atoms with van der Waals surface area (Å²) in [5.74, 6) is -0.0367. The van der Waals surface area contributed by atoms with Crippen LogP contribution in [-0.4, -0.2) is 27.3 Å². The second-order valence-corrected chi connectivity index (χ2v) is 6.89. The molecule has 0 unspecified atom stereocenters. The van der Waals surface area contributed by atoms with Crippen LogP contribution in [0.2, 0.25) is 0 Å². The van der Waals surface area contributed by atoms with Crippen LogP contribution in [-0.2, 0) is 0 Å². The minimum Gasteiger partial charge on any atom is -0.490 e. The van der Waals surface area contributed by atoms with Crippen molar-refractivity contribution in [1.29, 1.82) is 5.26 Å². The molecule has 3 aromatic rings. The number of fused-ring (bicyclic) bond motifs is 1. The third-order valence-corrected chi connectivity index (χ3v) is 4.38. The van der Waals surface area contributed by atoms with Crippen LogP contribution < -0.4 is 9.47 Å². The van der Waals surface area contributed by atoms with Gasteiger partial charge in [-0.2, -0.15) is 10.4 Å². The first-order valence-electron chi connectivity index (χ1n) is 8.36. The van der Waals surface area contributed by atoms with Crippen LogP contribution >= 0.6 is 15.9 Å². The zero-order chi connectivity index (χ0) is 19.6. The Morgan fingerprint density at radius 1 is 1.33 bits per heavy atom. The Kier molecular flexibility index (Phi) is 5.42. The summed E-state index contributed by atoms with van der Waals surface area (Å²) in [6.45, 7) is 6.19. The molecule has 2 aromatic heterocycles. The first-order valence-corrected chi connectivity index (χ1v) is 9.15. The minimum atomic E-state index is -0.576. The summed E-state index contributed by atoms with van der Waals surface area (Å²) in [5, 5.41) is 14.1. The standard InChI is InChI=1S/C19H17BrN4O3/c1-4-26-16-6-12(8-21)5-15(20)17(16)27-19(25)14-7-13-10-23-24(11(2)3)18(13)22-9-14/h5-7,9-11H,4H2,1-3H3. The van der Waals surface area contributed by atoms with Gasteiger partial charge in [0.1, 0.15) is 0 Å². The van der Waals surface area contributed by atoms with Gasteiger partial charge in [-0.1, -0.05) is 0 Å². The largest absolute Gasteiger partial charge is 0.490 e. The number of ether oxygens (including phenoxy) is 2. The van der Waals surface area contributed by atoms with Gasteiger partial charge in [-0.3, -0.25) is 0 Å². The Labute approximate surface area is 164 Å². The molecule has 0 N–H and O–H groups in total. The van der Waals surface area contributed by atoms with Crippen molar-refractivity contribution in [2.75, 3.05) is 6.61 Å². The predicted octanol–water partition coefficient (Wildman–Crippen LogP) is 4.26. The van der Waals surface area contributed by atoms with Crippen molar-refractivity contribution in [2.45, 2.75) is 26.8 Å². The molecule has 138 valence electrons. The van der Waals surface area contributed by atoms with Crippen LogP contribution in [0.5, 0.6) is 11.5 Å². The summed E-state index contributed by atoms with van der Waals surface area (Å²) in [5.41, 5.74) is 1.40. The highest BCUT2D eigenvalue weighted by atomic mass is 79.9. The molecule has 1 aromatic carbocycles. The molecule has 8 heteroatoms. The van der Waals surface area contributed by atoms with Gasteiger partial charge in [0.05, 0.1) is 34.5 Å². The fraction of sp³-hybridized carbons (Fsp3) is 0.263. The lowest BCUT2D eigenvalue weighted by Crippen LogP contribution is -2.11. The highest BCUT2D eigenvalue weighted by Crippen LogP contribution is 2.37. The van der Waals surface area contributed by atoms with Crippen molar-refractivity contribution in [1.82, 2.24) is 14.8 Å². The quantitative estimate of drug-likeness (QED) is 0.445. The van der Waals surface area contributed by atoms with Crippen molar-refractivity contribution in [3.8, 4) is 17.6 Å². The Bertz CT molecular complexity index is 1050. The number of benzene rings is 1. The molecule has 0 bridgehead atoms. The van der Waals surface area contributed by atoms with Gasteiger partial charge < -0.3 is 9.47 Å². The number of carbonyl (C=O) groups excluding carboxylic acids is 1. The number of hydrogen-bond acceptors (Lipinski definition) is 6. The van der Waals surface area contributed by atoms with Gasteiger partial charge in [0.15, 0.2) is 17.1 Å². The second-order valence-electron chi connectivity index (χ2n) is 6.04. The minimum absolute atomic E-state index is 0.163. The first-order chi connectivity index (χ1) is 12.9. The Balaban J connectivity index is 1.94. The van der Waals surface area contributed by atoms with Crippen LogP contribution in [0.15, 0.2) is 35.1 Å². The smallest absolute Gasteiger partial charge is 0.345 e. The fourth-order valence-corrected chi connectivity index (χ4v) is 3.10. The Morgan fingerprint density at radius 3 is 2.78 bits per heavy atom. The number of pyridine rings is 1. The maximum atomic E-state index is 12.6. The van der Waals surface area contributed by atoms with Crippen LogP contribution in [0, 0.1) is 11.3 Å². The fourth-order valence-electron chi connectivity index (χ4n) is 2.58. The molecule has 2 heterocycles. The van der Waals surface area contributed by atoms with E-state index in [2.05, 4.69) is 26.0 Å². The summed E-state index contributed by atoms with van der Waals surface area (Å²) in [4.78, 5) is 17.0. The Hall–Kier alpha value is -2.92. The molecule has 7 nitrogen and oxygen atoms in total. The molecule has 0 radical (unpaired) electrons. The Morgan fingerprint density at radius 2 is 2.11 bits per heavy atom. The van der Waals surface area contributed by atoms with Crippen LogP contribution in [0.25, 0.3) is 11.0 Å². The number of aromatic nitrogens is 3. The molecule has 0 fully saturated rings. The van der Waals surface area contributed by atoms with E-state index in [0.29, 0.717) is 33.6 Å². The van der Waals surface area contributed by atoms with E-state index in [1.807, 2.05) is 26.8 Å². The number of nitriles is 1. The monoisotopic (exact) mass is 428 g/mol. The summed E-state index contributed by atoms with van der Waals surface area (Å²) in [6.07, 6.45) is 3.13. The molecule has 0 saturated heterocycles. The van der Waals surface area contributed by atoms with Crippen molar-refractivity contribution < 1.29 is 14.3 Å². The van der Waals surface area contributed by atoms with Gasteiger partial charge >= 0.3 is 5.97 Å². The van der Waals surface area contributed by atoms with E-state index in [1.165, 1.54) is 12.3 Å². The van der Waals surface area contributed by atoms with E-state index >= 15 is 0 Å². The molecule has 0 aliphatic heterocycles. The maximum Gasteiger partial charge on any atom is 0.345 e. The maximum absolute atomic E-state index is 12.6. The molecule has 27 heavy (non-hydrogen) atoms. The molecule has 3 rings (SSSR count). The van der Waals surface area contributed by atoms with Gasteiger partial charge in [0.25, 0.3) is 0 Å². The van der Waals surface area contributed by atoms with Crippen LogP contribution in [0.3, 0.4) is 0 Å². The molecular weight excluding hydrogens is 412 g/mol. The van der Waals surface area contributed by atoms with Crippen molar-refractivity contribution in [2.24, 2.45) is 0 Å². The number of nitrogens with zero attached hydrogens (tertiary/aromatic N) is 4. The van der Waals surface area contributed by atoms with E-state index < -0.39 is 5.97 Å². The highest BCUT2D eigenvalue weighted by Gasteiger charge is 2.19. The SMILES string of the molecule is CCOc1cc(C#N)cc(Br)c1OC(=O)c1cnc2c(cnn2C(C)C)c1. The van der Waals surface area contributed by atoms with E-state index in [-0.39, 0.29) is 11.8 Å². The highest BCUT2D eigenvalue weighted by molar-refractivity contribution is 9.10. The average Bonchev–Trinajstić information content (AvgIpc) is 3.07. The lowest BCUT2D eigenvalue weighted by atomic mass is 10.2. The number of esters is 1. The molecule has 0 aliphatic rings. The van der Waals surface area contributed by atoms with Crippen molar-refractivity contribution >= 4 is 32.9 Å². The summed E-state index contributed by atoms with van der Waals surface area (Å²) in [7, 11) is 0. The van der Waals surface area contributed by atoms with Gasteiger partial charge in [0.2, 0.25) is 0 Å². The second kappa shape index (κ2) is 7.76. The molecule has 0 amide bonds. The number of hydrogen-bond donors (Lipinski definition) is 0. The van der Waals surface area contributed by atoms with E-state index in [1.54, 1.807) is 23.0 Å². The molecule has 0 aliphatic carbocycles. The summed E-state index contributed by atoms with van der Waals surface area (Å²) < 4.78 is 13.3. The van der Waals surface area contributed by atoms with Gasteiger partial charge in [-0.05, 0) is 48.8 Å². The molecule has 0 saturated carbocycles. The molecular formula is C19H17BrN4O3. The van der Waals surface area contributed by atoms with Crippen LogP contribution in [0.4, 0.5) is 0 Å². The summed E-state index contributed by atoms with van der Waals surface area (Å²) in [6, 6.07) is 6.99. The average molecular weight is 429 g/mol. The van der Waals surface area contributed by atoms with E-state index in [0.717, 1.165) is 5.39 Å². The molecule has 0 atom stereocenters. The molecule has 0 spiro atoms. The van der Waals surface area contributed by atoms with E-state index in [9.17, 15) is 4.79 Å². The van der Waals surface area contributed by atoms with E-state index in [4.69, 9.17) is 14.7 Å². The predicted molar refractivity (Wildman–Crippen MR) is 103 cm³/mol. The zero-order valence-electron chi connectivity index (χ0n) is 15.1. The van der Waals surface area contributed by atoms with Gasteiger partial charge in [-0.25, -0.2) is 14.5 Å². The van der Waals surface area contributed by atoms with Crippen LogP contribution in [0.1, 0.15) is 42.7 Å². The lowest BCUT2D eigenvalue weighted by molar-refractivity contribution is 0.0727. The number of rotatable bonds is 5. The third-order valence-electron chi connectivity index (χ3n) is 3.79. The third kappa shape index (κ3) is 3.78. The van der Waals surface area contributed by atoms with Crippen molar-refractivity contribution in [3.05, 3.63) is 46.2 Å². The number of carbonyl (C=O) groups is 1. The van der Waals surface area contributed by atoms with Gasteiger partial charge in [-0.15, -0.1) is 0 Å². The van der Waals surface area contributed by atoms with Gasteiger partial charge in [0, 0.05) is 23.7 Å². The lowest BCUT2D eigenvalue weighted by Gasteiger charge is -2.13.